The number of nitro benzene ring substituents is 1. The number of hydrogen-bond donors (Lipinski definition) is 3. The first-order chi connectivity index (χ1) is 10.2. The maximum Gasteiger partial charge on any atom is 0.275 e. The number of carbonyl (C=O) groups excluding carboxylic acids is 1. The van der Waals surface area contributed by atoms with Crippen molar-refractivity contribution in [2.24, 2.45) is 0 Å². The predicted molar refractivity (Wildman–Crippen MR) is 86.2 cm³/mol. The highest BCUT2D eigenvalue weighted by Gasteiger charge is 2.15. The molecule has 8 heteroatoms. The third-order valence-corrected chi connectivity index (χ3v) is 3.14. The van der Waals surface area contributed by atoms with E-state index in [1.54, 1.807) is 6.07 Å². The Hall–Kier alpha value is -1.86. The van der Waals surface area contributed by atoms with Gasteiger partial charge in [-0.1, -0.05) is 11.6 Å². The van der Waals surface area contributed by atoms with E-state index in [1.165, 1.54) is 12.1 Å². The monoisotopic (exact) mass is 329 g/mol. The van der Waals surface area contributed by atoms with E-state index in [1.807, 2.05) is 26.1 Å². The molecule has 22 heavy (non-hydrogen) atoms. The van der Waals surface area contributed by atoms with Crippen molar-refractivity contribution in [1.29, 1.82) is 0 Å². The topological polar surface area (TPSA) is 101 Å². The lowest BCUT2D eigenvalue weighted by molar-refractivity contribution is -0.707. The van der Waals surface area contributed by atoms with E-state index in [2.05, 4.69) is 10.6 Å². The Labute approximate surface area is 134 Å². The SMILES string of the molecule is CC(C)(C)[NH2+]CC(=O)NCCNc1ccc([N+](=O)[O-])cc1Cl. The first kappa shape index (κ1) is 18.2. The number of nitrogens with two attached hydrogens (primary N) is 1. The van der Waals surface area contributed by atoms with Crippen molar-refractivity contribution in [3.05, 3.63) is 33.3 Å². The van der Waals surface area contributed by atoms with Crippen molar-refractivity contribution >= 4 is 28.9 Å². The van der Waals surface area contributed by atoms with Gasteiger partial charge in [-0.2, -0.15) is 0 Å². The molecule has 0 bridgehead atoms. The summed E-state index contributed by atoms with van der Waals surface area (Å²) >= 11 is 5.96. The average Bonchev–Trinajstić information content (AvgIpc) is 2.41. The highest BCUT2D eigenvalue weighted by Crippen LogP contribution is 2.26. The van der Waals surface area contributed by atoms with Gasteiger partial charge in [0.2, 0.25) is 0 Å². The van der Waals surface area contributed by atoms with Crippen LogP contribution in [0.3, 0.4) is 0 Å². The van der Waals surface area contributed by atoms with E-state index in [-0.39, 0.29) is 22.2 Å². The quantitative estimate of drug-likeness (QED) is 0.396. The summed E-state index contributed by atoms with van der Waals surface area (Å²) in [6, 6.07) is 4.22. The minimum Gasteiger partial charge on any atom is -0.382 e. The van der Waals surface area contributed by atoms with Gasteiger partial charge >= 0.3 is 0 Å². The Morgan fingerprint density at radius 1 is 1.36 bits per heavy atom. The van der Waals surface area contributed by atoms with Crippen LogP contribution in [0.5, 0.6) is 0 Å². The lowest BCUT2D eigenvalue weighted by Gasteiger charge is -2.16. The maximum atomic E-state index is 11.6. The first-order valence-electron chi connectivity index (χ1n) is 6.98. The summed E-state index contributed by atoms with van der Waals surface area (Å²) in [6.45, 7) is 7.43. The average molecular weight is 330 g/mol. The van der Waals surface area contributed by atoms with Crippen LogP contribution in [0, 0.1) is 10.1 Å². The molecule has 0 aliphatic rings. The molecule has 0 heterocycles. The lowest BCUT2D eigenvalue weighted by Crippen LogP contribution is -2.96. The molecule has 1 amide bonds. The van der Waals surface area contributed by atoms with Gasteiger partial charge in [0.15, 0.2) is 6.54 Å². The van der Waals surface area contributed by atoms with E-state index in [9.17, 15) is 14.9 Å². The summed E-state index contributed by atoms with van der Waals surface area (Å²) in [5.74, 6) is -0.0356. The molecule has 0 atom stereocenters. The first-order valence-corrected chi connectivity index (χ1v) is 7.36. The van der Waals surface area contributed by atoms with Crippen molar-refractivity contribution in [3.8, 4) is 0 Å². The summed E-state index contributed by atoms with van der Waals surface area (Å²) in [6.07, 6.45) is 0. The zero-order chi connectivity index (χ0) is 16.8. The van der Waals surface area contributed by atoms with Crippen LogP contribution in [0.4, 0.5) is 11.4 Å². The standard InChI is InChI=1S/C14H21ClN4O3/c1-14(2,3)18-9-13(20)17-7-6-16-12-5-4-10(19(21)22)8-11(12)15/h4-5,8,16,18H,6-7,9H2,1-3H3,(H,17,20)/p+1. The molecule has 122 valence electrons. The fraction of sp³-hybridized carbons (Fsp3) is 0.500. The van der Waals surface area contributed by atoms with E-state index in [0.717, 1.165) is 0 Å². The van der Waals surface area contributed by atoms with Crippen LogP contribution in [0.15, 0.2) is 18.2 Å². The van der Waals surface area contributed by atoms with Gasteiger partial charge < -0.3 is 16.0 Å². The number of nitrogens with one attached hydrogen (secondary N) is 2. The van der Waals surface area contributed by atoms with E-state index in [4.69, 9.17) is 11.6 Å². The molecule has 0 unspecified atom stereocenters. The van der Waals surface area contributed by atoms with Crippen LogP contribution in [0.2, 0.25) is 5.02 Å². The number of anilines is 1. The Morgan fingerprint density at radius 3 is 2.59 bits per heavy atom. The van der Waals surface area contributed by atoms with Crippen LogP contribution in [-0.4, -0.2) is 36.0 Å². The highest BCUT2D eigenvalue weighted by atomic mass is 35.5. The smallest absolute Gasteiger partial charge is 0.275 e. The Balaban J connectivity index is 2.33. The van der Waals surface area contributed by atoms with E-state index in [0.29, 0.717) is 25.3 Å². The lowest BCUT2D eigenvalue weighted by atomic mass is 10.1. The molecule has 1 rings (SSSR count). The largest absolute Gasteiger partial charge is 0.382 e. The molecule has 0 aliphatic carbocycles. The molecule has 0 radical (unpaired) electrons. The van der Waals surface area contributed by atoms with Crippen LogP contribution in [-0.2, 0) is 4.79 Å². The molecule has 1 aromatic rings. The van der Waals surface area contributed by atoms with Crippen LogP contribution in [0.1, 0.15) is 20.8 Å². The molecule has 7 nitrogen and oxygen atoms in total. The molecule has 0 spiro atoms. The van der Waals surface area contributed by atoms with Gasteiger partial charge in [0.05, 0.1) is 21.2 Å². The highest BCUT2D eigenvalue weighted by molar-refractivity contribution is 6.33. The molecule has 1 aromatic carbocycles. The van der Waals surface area contributed by atoms with Gasteiger partial charge in [0.25, 0.3) is 11.6 Å². The molecule has 0 aliphatic heterocycles. The third kappa shape index (κ3) is 6.73. The zero-order valence-corrected chi connectivity index (χ0v) is 13.7. The molecule has 4 N–H and O–H groups in total. The second-order valence-electron chi connectivity index (χ2n) is 5.97. The molecule has 0 fully saturated rings. The number of hydrogen-bond acceptors (Lipinski definition) is 4. The number of carbonyl (C=O) groups is 1. The van der Waals surface area contributed by atoms with Gasteiger partial charge in [-0.05, 0) is 26.8 Å². The van der Waals surface area contributed by atoms with Crippen LogP contribution < -0.4 is 16.0 Å². The van der Waals surface area contributed by atoms with Crippen molar-refractivity contribution < 1.29 is 15.0 Å². The molecular weight excluding hydrogens is 308 g/mol. The normalized spacial score (nSPS) is 11.1. The summed E-state index contributed by atoms with van der Waals surface area (Å²) < 4.78 is 0. The van der Waals surface area contributed by atoms with Gasteiger partial charge in [-0.25, -0.2) is 0 Å². The van der Waals surface area contributed by atoms with Gasteiger partial charge in [-0.3, -0.25) is 14.9 Å². The molecular formula is C14H22ClN4O3+. The van der Waals surface area contributed by atoms with Crippen LogP contribution >= 0.6 is 11.6 Å². The molecule has 0 saturated carbocycles. The van der Waals surface area contributed by atoms with Crippen molar-refractivity contribution in [2.75, 3.05) is 25.0 Å². The minimum absolute atomic E-state index is 0.0157. The minimum atomic E-state index is -0.498. The van der Waals surface area contributed by atoms with Crippen LogP contribution in [0.25, 0.3) is 0 Å². The van der Waals surface area contributed by atoms with Crippen molar-refractivity contribution in [1.82, 2.24) is 5.32 Å². The fourth-order valence-electron chi connectivity index (χ4n) is 1.63. The summed E-state index contributed by atoms with van der Waals surface area (Å²) in [4.78, 5) is 21.7. The second-order valence-corrected chi connectivity index (χ2v) is 6.38. The number of non-ortho nitro benzene ring substituents is 1. The third-order valence-electron chi connectivity index (χ3n) is 2.83. The fourth-order valence-corrected chi connectivity index (χ4v) is 1.87. The van der Waals surface area contributed by atoms with Gasteiger partial charge in [0, 0.05) is 25.2 Å². The Morgan fingerprint density at radius 2 is 2.05 bits per heavy atom. The Kier molecular flexibility index (Phi) is 6.58. The van der Waals surface area contributed by atoms with Gasteiger partial charge in [0.1, 0.15) is 0 Å². The van der Waals surface area contributed by atoms with Crippen molar-refractivity contribution in [2.45, 2.75) is 26.3 Å². The summed E-state index contributed by atoms with van der Waals surface area (Å²) in [5.41, 5.74) is 0.561. The molecule has 0 saturated heterocycles. The summed E-state index contributed by atoms with van der Waals surface area (Å²) in [7, 11) is 0. The number of rotatable bonds is 7. The number of nitro groups is 1. The van der Waals surface area contributed by atoms with E-state index >= 15 is 0 Å². The Bertz CT molecular complexity index is 543. The zero-order valence-electron chi connectivity index (χ0n) is 13.0. The van der Waals surface area contributed by atoms with Gasteiger partial charge in [-0.15, -0.1) is 0 Å². The summed E-state index contributed by atoms with van der Waals surface area (Å²) in [5, 5.41) is 18.7. The van der Waals surface area contributed by atoms with E-state index < -0.39 is 4.92 Å². The number of benzene rings is 1. The van der Waals surface area contributed by atoms with Crippen molar-refractivity contribution in [3.63, 3.8) is 0 Å². The number of quaternary nitrogens is 1. The maximum absolute atomic E-state index is 11.6. The number of halogens is 1. The molecule has 0 aromatic heterocycles. The number of amides is 1. The second kappa shape index (κ2) is 7.95. The number of nitrogens with zero attached hydrogens (tertiary/aromatic N) is 1. The predicted octanol–water partition coefficient (Wildman–Crippen LogP) is 1.14.